The van der Waals surface area contributed by atoms with E-state index in [0.717, 1.165) is 0 Å². The first kappa shape index (κ1) is 16.7. The number of halogens is 1. The van der Waals surface area contributed by atoms with E-state index in [4.69, 9.17) is 17.3 Å². The summed E-state index contributed by atoms with van der Waals surface area (Å²) < 4.78 is 4.53. The van der Waals surface area contributed by atoms with Crippen LogP contribution in [-0.2, 0) is 14.3 Å². The highest BCUT2D eigenvalue weighted by molar-refractivity contribution is 8.00. The maximum Gasteiger partial charge on any atom is 0.306 e. The van der Waals surface area contributed by atoms with Crippen molar-refractivity contribution in [3.05, 3.63) is 23.2 Å². The Balaban J connectivity index is 2.45. The Morgan fingerprint density at radius 3 is 2.80 bits per heavy atom. The molecule has 0 aliphatic carbocycles. The zero-order valence-electron chi connectivity index (χ0n) is 11.3. The summed E-state index contributed by atoms with van der Waals surface area (Å²) >= 11 is 7.19. The Bertz CT molecular complexity index is 497. The van der Waals surface area contributed by atoms with Crippen molar-refractivity contribution in [2.45, 2.75) is 18.6 Å². The monoisotopic (exact) mass is 316 g/mol. The lowest BCUT2D eigenvalue weighted by atomic mass is 10.2. The molecule has 0 saturated heterocycles. The molecule has 0 aromatic heterocycles. The Morgan fingerprint density at radius 1 is 1.50 bits per heavy atom. The molecule has 7 heteroatoms. The highest BCUT2D eigenvalue weighted by Crippen LogP contribution is 2.23. The fraction of sp³-hybridized carbons (Fsp3) is 0.385. The topological polar surface area (TPSA) is 81.4 Å². The van der Waals surface area contributed by atoms with E-state index in [1.165, 1.54) is 18.9 Å². The fourth-order valence-corrected chi connectivity index (χ4v) is 2.33. The number of nitrogens with one attached hydrogen (secondary N) is 1. The SMILES string of the molecule is COC(=O)CCSC(C)C(=O)Nc1ccc(Cl)c(N)c1. The fourth-order valence-electron chi connectivity index (χ4n) is 1.36. The van der Waals surface area contributed by atoms with Gasteiger partial charge in [0.05, 0.1) is 29.5 Å². The van der Waals surface area contributed by atoms with Crippen LogP contribution in [0.2, 0.25) is 5.02 Å². The van der Waals surface area contributed by atoms with Crippen molar-refractivity contribution in [1.82, 2.24) is 0 Å². The Hall–Kier alpha value is -1.40. The van der Waals surface area contributed by atoms with E-state index < -0.39 is 0 Å². The van der Waals surface area contributed by atoms with Gasteiger partial charge in [-0.3, -0.25) is 9.59 Å². The Labute approximate surface area is 127 Å². The van der Waals surface area contributed by atoms with Gasteiger partial charge in [-0.15, -0.1) is 11.8 Å². The summed E-state index contributed by atoms with van der Waals surface area (Å²) in [5, 5.41) is 2.91. The molecule has 1 unspecified atom stereocenters. The summed E-state index contributed by atoms with van der Waals surface area (Å²) in [6.07, 6.45) is 0.284. The summed E-state index contributed by atoms with van der Waals surface area (Å²) in [6.45, 7) is 1.77. The molecular weight excluding hydrogens is 300 g/mol. The molecule has 0 spiro atoms. The minimum absolute atomic E-state index is 0.151. The van der Waals surface area contributed by atoms with Crippen LogP contribution in [0.5, 0.6) is 0 Å². The molecule has 1 rings (SSSR count). The average molecular weight is 317 g/mol. The quantitative estimate of drug-likeness (QED) is 0.622. The summed E-state index contributed by atoms with van der Waals surface area (Å²) in [6, 6.07) is 4.91. The number of esters is 1. The van der Waals surface area contributed by atoms with E-state index in [2.05, 4.69) is 10.1 Å². The molecule has 0 aliphatic rings. The molecule has 0 saturated carbocycles. The zero-order valence-corrected chi connectivity index (χ0v) is 12.9. The van der Waals surface area contributed by atoms with Gasteiger partial charge in [-0.05, 0) is 25.1 Å². The average Bonchev–Trinajstić information content (AvgIpc) is 2.42. The Kier molecular flexibility index (Phi) is 6.67. The second-order valence-electron chi connectivity index (χ2n) is 4.06. The lowest BCUT2D eigenvalue weighted by Gasteiger charge is -2.12. The van der Waals surface area contributed by atoms with Crippen LogP contribution in [0.4, 0.5) is 11.4 Å². The van der Waals surface area contributed by atoms with Crippen LogP contribution >= 0.6 is 23.4 Å². The van der Waals surface area contributed by atoms with Crippen molar-refractivity contribution in [3.8, 4) is 0 Å². The van der Waals surface area contributed by atoms with Crippen LogP contribution < -0.4 is 11.1 Å². The molecule has 0 aliphatic heterocycles. The first-order valence-electron chi connectivity index (χ1n) is 5.98. The van der Waals surface area contributed by atoms with Gasteiger partial charge in [-0.1, -0.05) is 11.6 Å². The molecule has 0 fully saturated rings. The van der Waals surface area contributed by atoms with Gasteiger partial charge in [0.2, 0.25) is 5.91 Å². The largest absolute Gasteiger partial charge is 0.469 e. The smallest absolute Gasteiger partial charge is 0.306 e. The molecule has 0 radical (unpaired) electrons. The first-order valence-corrected chi connectivity index (χ1v) is 7.41. The second kappa shape index (κ2) is 8.01. The van der Waals surface area contributed by atoms with Gasteiger partial charge in [0.25, 0.3) is 0 Å². The van der Waals surface area contributed by atoms with E-state index in [1.54, 1.807) is 25.1 Å². The number of amides is 1. The molecule has 110 valence electrons. The van der Waals surface area contributed by atoms with Crippen LogP contribution in [0.25, 0.3) is 0 Å². The van der Waals surface area contributed by atoms with Crippen LogP contribution in [-0.4, -0.2) is 30.0 Å². The molecule has 0 heterocycles. The van der Waals surface area contributed by atoms with Crippen molar-refractivity contribution in [3.63, 3.8) is 0 Å². The van der Waals surface area contributed by atoms with Crippen LogP contribution in [0.15, 0.2) is 18.2 Å². The van der Waals surface area contributed by atoms with Crippen LogP contribution in [0.3, 0.4) is 0 Å². The number of methoxy groups -OCH3 is 1. The molecular formula is C13H17ClN2O3S. The van der Waals surface area contributed by atoms with E-state index in [0.29, 0.717) is 22.2 Å². The van der Waals surface area contributed by atoms with Crippen molar-refractivity contribution in [2.24, 2.45) is 0 Å². The predicted octanol–water partition coefficient (Wildman–Crippen LogP) is 2.55. The number of nitrogen functional groups attached to an aromatic ring is 1. The van der Waals surface area contributed by atoms with Gasteiger partial charge >= 0.3 is 5.97 Å². The summed E-state index contributed by atoms with van der Waals surface area (Å²) in [4.78, 5) is 22.9. The molecule has 20 heavy (non-hydrogen) atoms. The molecule has 1 amide bonds. The minimum atomic E-state index is -0.282. The van der Waals surface area contributed by atoms with Gasteiger partial charge < -0.3 is 15.8 Å². The number of hydrogen-bond donors (Lipinski definition) is 2. The van der Waals surface area contributed by atoms with E-state index in [1.807, 2.05) is 0 Å². The summed E-state index contributed by atoms with van der Waals surface area (Å²) in [5.41, 5.74) is 6.67. The van der Waals surface area contributed by atoms with E-state index in [9.17, 15) is 9.59 Å². The third-order valence-electron chi connectivity index (χ3n) is 2.53. The van der Waals surface area contributed by atoms with E-state index in [-0.39, 0.29) is 23.5 Å². The number of carbonyl (C=O) groups is 2. The van der Waals surface area contributed by atoms with Gasteiger partial charge in [-0.25, -0.2) is 0 Å². The molecule has 1 atom stereocenters. The predicted molar refractivity (Wildman–Crippen MR) is 83.0 cm³/mol. The first-order chi connectivity index (χ1) is 9.43. The molecule has 5 nitrogen and oxygen atoms in total. The highest BCUT2D eigenvalue weighted by atomic mass is 35.5. The molecule has 3 N–H and O–H groups in total. The van der Waals surface area contributed by atoms with Gasteiger partial charge in [0.1, 0.15) is 0 Å². The summed E-state index contributed by atoms with van der Waals surface area (Å²) in [5.74, 6) is 0.0986. The second-order valence-corrected chi connectivity index (χ2v) is 5.92. The van der Waals surface area contributed by atoms with Gasteiger partial charge in [0, 0.05) is 11.4 Å². The number of rotatable bonds is 6. The highest BCUT2D eigenvalue weighted by Gasteiger charge is 2.14. The third-order valence-corrected chi connectivity index (χ3v) is 4.03. The molecule has 0 bridgehead atoms. The lowest BCUT2D eigenvalue weighted by Crippen LogP contribution is -2.23. The number of hydrogen-bond acceptors (Lipinski definition) is 5. The number of ether oxygens (including phenoxy) is 1. The van der Waals surface area contributed by atoms with Crippen molar-refractivity contribution < 1.29 is 14.3 Å². The van der Waals surface area contributed by atoms with Crippen molar-refractivity contribution in [2.75, 3.05) is 23.9 Å². The zero-order chi connectivity index (χ0) is 15.1. The standard InChI is InChI=1S/C13H17ClN2O3S/c1-8(20-6-5-12(17)19-2)13(18)16-9-3-4-10(14)11(15)7-9/h3-4,7-8H,5-6,15H2,1-2H3,(H,16,18). The Morgan fingerprint density at radius 2 is 2.20 bits per heavy atom. The van der Waals surface area contributed by atoms with Crippen molar-refractivity contribution in [1.29, 1.82) is 0 Å². The minimum Gasteiger partial charge on any atom is -0.469 e. The maximum atomic E-state index is 11.9. The van der Waals surface area contributed by atoms with Gasteiger partial charge in [-0.2, -0.15) is 0 Å². The number of thioether (sulfide) groups is 1. The maximum absolute atomic E-state index is 11.9. The number of benzene rings is 1. The van der Waals surface area contributed by atoms with Crippen LogP contribution in [0, 0.1) is 0 Å². The number of carbonyl (C=O) groups excluding carboxylic acids is 2. The van der Waals surface area contributed by atoms with E-state index >= 15 is 0 Å². The van der Waals surface area contributed by atoms with Gasteiger partial charge in [0.15, 0.2) is 0 Å². The number of nitrogens with two attached hydrogens (primary N) is 1. The lowest BCUT2D eigenvalue weighted by molar-refractivity contribution is -0.140. The normalized spacial score (nSPS) is 11.8. The van der Waals surface area contributed by atoms with Crippen molar-refractivity contribution >= 4 is 46.6 Å². The third kappa shape index (κ3) is 5.30. The molecule has 1 aromatic carbocycles. The number of anilines is 2. The molecule has 1 aromatic rings. The summed E-state index contributed by atoms with van der Waals surface area (Å²) in [7, 11) is 1.34. The van der Waals surface area contributed by atoms with Crippen LogP contribution in [0.1, 0.15) is 13.3 Å².